The summed E-state index contributed by atoms with van der Waals surface area (Å²) in [6, 6.07) is 10.7. The summed E-state index contributed by atoms with van der Waals surface area (Å²) in [6.45, 7) is 8.53. The van der Waals surface area contributed by atoms with Crippen molar-refractivity contribution in [1.29, 1.82) is 0 Å². The first kappa shape index (κ1) is 18.4. The number of carbonyl (C=O) groups excluding carboxylic acids is 1. The number of nitrogens with one attached hydrogen (secondary N) is 2. The van der Waals surface area contributed by atoms with Crippen molar-refractivity contribution in [2.75, 3.05) is 5.32 Å². The molecule has 3 aromatic rings. The number of aromatic amines is 1. The number of aryl methyl sites for hydroxylation is 1. The fourth-order valence-electron chi connectivity index (χ4n) is 3.75. The predicted molar refractivity (Wildman–Crippen MR) is 111 cm³/mol. The summed E-state index contributed by atoms with van der Waals surface area (Å²) in [7, 11) is 0. The van der Waals surface area contributed by atoms with Crippen LogP contribution in [-0.4, -0.2) is 21.1 Å². The van der Waals surface area contributed by atoms with Crippen molar-refractivity contribution >= 4 is 22.5 Å². The van der Waals surface area contributed by atoms with E-state index in [1.165, 1.54) is 12.1 Å². The third-order valence-corrected chi connectivity index (χ3v) is 5.70. The zero-order chi connectivity index (χ0) is 20.3. The molecular formula is C23H26N2O3. The summed E-state index contributed by atoms with van der Waals surface area (Å²) < 4.78 is 0. The Hall–Kier alpha value is -2.95. The summed E-state index contributed by atoms with van der Waals surface area (Å²) in [6.07, 6.45) is 1.45. The number of rotatable bonds is 3. The van der Waals surface area contributed by atoms with Crippen LogP contribution in [0.5, 0.6) is 11.5 Å². The van der Waals surface area contributed by atoms with Gasteiger partial charge < -0.3 is 20.5 Å². The fraction of sp³-hybridized carbons (Fsp3) is 0.348. The molecular weight excluding hydrogens is 352 g/mol. The van der Waals surface area contributed by atoms with Crippen LogP contribution in [0.1, 0.15) is 50.4 Å². The SMILES string of the molecule is Cc1cc(NC(=O)C2(c3ccc(O)c(O)c3)CC2)cc2cc(C(C)(C)C)[nH]c12. The van der Waals surface area contributed by atoms with E-state index in [2.05, 4.69) is 37.1 Å². The molecule has 0 bridgehead atoms. The van der Waals surface area contributed by atoms with Gasteiger partial charge in [0.15, 0.2) is 11.5 Å². The van der Waals surface area contributed by atoms with Crippen molar-refractivity contribution in [1.82, 2.24) is 4.98 Å². The monoisotopic (exact) mass is 378 g/mol. The number of benzene rings is 2. The van der Waals surface area contributed by atoms with Gasteiger partial charge in [0.1, 0.15) is 0 Å². The Bertz CT molecular complexity index is 1090. The van der Waals surface area contributed by atoms with Gasteiger partial charge in [0.25, 0.3) is 0 Å². The van der Waals surface area contributed by atoms with E-state index in [9.17, 15) is 15.0 Å². The molecule has 5 heteroatoms. The Morgan fingerprint density at radius 2 is 1.79 bits per heavy atom. The average molecular weight is 378 g/mol. The Morgan fingerprint density at radius 1 is 1.07 bits per heavy atom. The first-order valence-electron chi connectivity index (χ1n) is 9.58. The molecule has 28 heavy (non-hydrogen) atoms. The third kappa shape index (κ3) is 3.01. The second-order valence-corrected chi connectivity index (χ2v) is 8.93. The van der Waals surface area contributed by atoms with Gasteiger partial charge in [0.2, 0.25) is 5.91 Å². The summed E-state index contributed by atoms with van der Waals surface area (Å²) >= 11 is 0. The van der Waals surface area contributed by atoms with Crippen LogP contribution in [0.2, 0.25) is 0 Å². The Labute approximate surface area is 164 Å². The minimum Gasteiger partial charge on any atom is -0.504 e. The first-order chi connectivity index (χ1) is 13.1. The van der Waals surface area contributed by atoms with Gasteiger partial charge in [0.05, 0.1) is 5.41 Å². The summed E-state index contributed by atoms with van der Waals surface area (Å²) in [5.41, 5.74) is 4.21. The third-order valence-electron chi connectivity index (χ3n) is 5.70. The maximum absolute atomic E-state index is 13.0. The molecule has 2 aromatic carbocycles. The standard InChI is InChI=1S/C23H26N2O3/c1-13-9-16(10-14-11-19(22(2,3)4)25-20(13)14)24-21(28)23(7-8-23)15-5-6-17(26)18(27)12-15/h5-6,9-12,25-27H,7-8H2,1-4H3,(H,24,28). The highest BCUT2D eigenvalue weighted by Crippen LogP contribution is 2.50. The molecule has 1 aliphatic rings. The highest BCUT2D eigenvalue weighted by molar-refractivity contribution is 6.03. The zero-order valence-corrected chi connectivity index (χ0v) is 16.7. The van der Waals surface area contributed by atoms with E-state index >= 15 is 0 Å². The molecule has 1 amide bonds. The summed E-state index contributed by atoms with van der Waals surface area (Å²) in [5.74, 6) is -0.457. The molecule has 1 aliphatic carbocycles. The lowest BCUT2D eigenvalue weighted by molar-refractivity contribution is -0.118. The molecule has 4 rings (SSSR count). The van der Waals surface area contributed by atoms with Gasteiger partial charge >= 0.3 is 0 Å². The van der Waals surface area contributed by atoms with E-state index in [0.717, 1.165) is 46.3 Å². The number of aromatic nitrogens is 1. The molecule has 4 N–H and O–H groups in total. The molecule has 5 nitrogen and oxygen atoms in total. The molecule has 146 valence electrons. The molecule has 0 aliphatic heterocycles. The van der Waals surface area contributed by atoms with Crippen LogP contribution in [0.3, 0.4) is 0 Å². The molecule has 0 radical (unpaired) electrons. The highest BCUT2D eigenvalue weighted by atomic mass is 16.3. The lowest BCUT2D eigenvalue weighted by atomic mass is 9.92. The van der Waals surface area contributed by atoms with Crippen LogP contribution >= 0.6 is 0 Å². The number of hydrogen-bond acceptors (Lipinski definition) is 3. The summed E-state index contributed by atoms with van der Waals surface area (Å²) in [4.78, 5) is 16.5. The van der Waals surface area contributed by atoms with E-state index in [0.29, 0.717) is 0 Å². The Balaban J connectivity index is 1.64. The number of anilines is 1. The van der Waals surface area contributed by atoms with E-state index in [4.69, 9.17) is 0 Å². The second kappa shape index (κ2) is 6.03. The van der Waals surface area contributed by atoms with E-state index in [-0.39, 0.29) is 22.8 Å². The van der Waals surface area contributed by atoms with Crippen LogP contribution < -0.4 is 5.32 Å². The van der Waals surface area contributed by atoms with Crippen LogP contribution in [0.15, 0.2) is 36.4 Å². The molecule has 1 fully saturated rings. The molecule has 1 saturated carbocycles. The molecule has 1 aromatic heterocycles. The van der Waals surface area contributed by atoms with Gasteiger partial charge in [-0.1, -0.05) is 26.8 Å². The lowest BCUT2D eigenvalue weighted by Gasteiger charge is -2.17. The van der Waals surface area contributed by atoms with Gasteiger partial charge in [-0.3, -0.25) is 4.79 Å². The number of aromatic hydroxyl groups is 2. The minimum absolute atomic E-state index is 0.0216. The zero-order valence-electron chi connectivity index (χ0n) is 16.7. The number of H-pyrrole nitrogens is 1. The number of phenols is 2. The molecule has 0 saturated heterocycles. The van der Waals surface area contributed by atoms with Gasteiger partial charge in [-0.2, -0.15) is 0 Å². The van der Waals surface area contributed by atoms with Crippen molar-refractivity contribution in [3.63, 3.8) is 0 Å². The topological polar surface area (TPSA) is 85.3 Å². The van der Waals surface area contributed by atoms with Crippen LogP contribution in [0, 0.1) is 6.92 Å². The van der Waals surface area contributed by atoms with Crippen LogP contribution in [0.25, 0.3) is 10.9 Å². The van der Waals surface area contributed by atoms with Crippen molar-refractivity contribution in [2.24, 2.45) is 0 Å². The van der Waals surface area contributed by atoms with Crippen molar-refractivity contribution in [3.8, 4) is 11.5 Å². The van der Waals surface area contributed by atoms with Crippen molar-refractivity contribution < 1.29 is 15.0 Å². The van der Waals surface area contributed by atoms with Crippen molar-refractivity contribution in [2.45, 2.75) is 51.4 Å². The Morgan fingerprint density at radius 3 is 2.39 bits per heavy atom. The highest BCUT2D eigenvalue weighted by Gasteiger charge is 2.51. The van der Waals surface area contributed by atoms with Crippen LogP contribution in [0.4, 0.5) is 5.69 Å². The van der Waals surface area contributed by atoms with E-state index < -0.39 is 5.41 Å². The summed E-state index contributed by atoms with van der Waals surface area (Å²) in [5, 5.41) is 23.5. The van der Waals surface area contributed by atoms with Crippen molar-refractivity contribution in [3.05, 3.63) is 53.2 Å². The van der Waals surface area contributed by atoms with E-state index in [1.807, 2.05) is 19.1 Å². The Kier molecular flexibility index (Phi) is 3.96. The van der Waals surface area contributed by atoms with Gasteiger partial charge in [-0.15, -0.1) is 0 Å². The lowest BCUT2D eigenvalue weighted by Crippen LogP contribution is -2.27. The number of phenolic OH excluding ortho intramolecular Hbond substituents is 2. The maximum Gasteiger partial charge on any atom is 0.235 e. The van der Waals surface area contributed by atoms with Crippen LogP contribution in [-0.2, 0) is 15.6 Å². The molecule has 1 heterocycles. The number of fused-ring (bicyclic) bond motifs is 1. The van der Waals surface area contributed by atoms with Gasteiger partial charge in [-0.05, 0) is 61.2 Å². The normalized spacial score (nSPS) is 15.6. The predicted octanol–water partition coefficient (Wildman–Crippen LogP) is 4.86. The number of hydrogen-bond donors (Lipinski definition) is 4. The van der Waals surface area contributed by atoms with E-state index in [1.54, 1.807) is 6.07 Å². The smallest absolute Gasteiger partial charge is 0.235 e. The molecule has 0 atom stereocenters. The minimum atomic E-state index is -0.636. The average Bonchev–Trinajstić information content (AvgIpc) is 3.29. The second-order valence-electron chi connectivity index (χ2n) is 8.93. The maximum atomic E-state index is 13.0. The van der Waals surface area contributed by atoms with Gasteiger partial charge in [0, 0.05) is 27.7 Å². The number of amides is 1. The quantitative estimate of drug-likeness (QED) is 0.491. The first-order valence-corrected chi connectivity index (χ1v) is 9.58. The molecule has 0 spiro atoms. The number of carbonyl (C=O) groups is 1. The largest absolute Gasteiger partial charge is 0.504 e. The molecule has 0 unspecified atom stereocenters. The van der Waals surface area contributed by atoms with Gasteiger partial charge in [-0.25, -0.2) is 0 Å². The fourth-order valence-corrected chi connectivity index (χ4v) is 3.75.